The van der Waals surface area contributed by atoms with Crippen LogP contribution in [0.25, 0.3) is 0 Å². The van der Waals surface area contributed by atoms with Crippen molar-refractivity contribution in [2.45, 2.75) is 44.1 Å². The van der Waals surface area contributed by atoms with Crippen LogP contribution in [0.1, 0.15) is 44.1 Å². The fourth-order valence-electron chi connectivity index (χ4n) is 3.66. The van der Waals surface area contributed by atoms with Gasteiger partial charge in [0.15, 0.2) is 0 Å². The number of piperidine rings is 1. The highest BCUT2D eigenvalue weighted by molar-refractivity contribution is 6.30. The molecule has 3 rings (SSSR count). The summed E-state index contributed by atoms with van der Waals surface area (Å²) in [5.41, 5.74) is -0.0139. The monoisotopic (exact) mass is 350 g/mol. The second kappa shape index (κ2) is 7.85. The molecule has 24 heavy (non-hydrogen) atoms. The van der Waals surface area contributed by atoms with E-state index in [4.69, 9.17) is 11.6 Å². The summed E-state index contributed by atoms with van der Waals surface area (Å²) in [5, 5.41) is 18.5. The predicted octanol–water partition coefficient (Wildman–Crippen LogP) is 2.83. The third kappa shape index (κ3) is 4.29. The quantitative estimate of drug-likeness (QED) is 0.663. The molecule has 1 aromatic rings. The Hall–Kier alpha value is -1.10. The molecule has 2 aliphatic rings. The molecular formula is C19H27ClN2O2. The average molecular weight is 351 g/mol. The van der Waals surface area contributed by atoms with Gasteiger partial charge in [0.05, 0.1) is 5.60 Å². The van der Waals surface area contributed by atoms with Gasteiger partial charge in [0.25, 0.3) is 0 Å². The van der Waals surface area contributed by atoms with Crippen LogP contribution in [0.3, 0.4) is 0 Å². The zero-order valence-electron chi connectivity index (χ0n) is 14.1. The normalized spacial score (nSPS) is 23.5. The van der Waals surface area contributed by atoms with Crippen molar-refractivity contribution in [2.24, 2.45) is 11.8 Å². The first-order valence-corrected chi connectivity index (χ1v) is 9.44. The highest BCUT2D eigenvalue weighted by atomic mass is 35.5. The van der Waals surface area contributed by atoms with Gasteiger partial charge in [0, 0.05) is 29.9 Å². The second-order valence-electron chi connectivity index (χ2n) is 7.15. The van der Waals surface area contributed by atoms with Crippen LogP contribution < -0.4 is 10.6 Å². The van der Waals surface area contributed by atoms with Crippen LogP contribution in [0, 0.1) is 11.8 Å². The first-order chi connectivity index (χ1) is 11.6. The minimum atomic E-state index is -0.900. The van der Waals surface area contributed by atoms with Gasteiger partial charge in [-0.2, -0.15) is 0 Å². The van der Waals surface area contributed by atoms with Crippen molar-refractivity contribution < 1.29 is 9.90 Å². The molecule has 4 nitrogen and oxygen atoms in total. The van der Waals surface area contributed by atoms with Gasteiger partial charge in [-0.3, -0.25) is 4.79 Å². The number of nitrogens with one attached hydrogen (secondary N) is 2. The summed E-state index contributed by atoms with van der Waals surface area (Å²) in [6.45, 7) is 2.45. The summed E-state index contributed by atoms with van der Waals surface area (Å²) in [5.74, 6) is 0.573. The summed E-state index contributed by atoms with van der Waals surface area (Å²) in [4.78, 5) is 11.7. The Morgan fingerprint density at radius 3 is 2.88 bits per heavy atom. The number of aliphatic hydroxyl groups is 1. The highest BCUT2D eigenvalue weighted by Gasteiger charge is 2.38. The molecular weight excluding hydrogens is 324 g/mol. The third-order valence-corrected chi connectivity index (χ3v) is 5.51. The van der Waals surface area contributed by atoms with E-state index in [9.17, 15) is 9.90 Å². The molecule has 1 aliphatic carbocycles. The van der Waals surface area contributed by atoms with E-state index in [2.05, 4.69) is 10.6 Å². The fraction of sp³-hybridized carbons (Fsp3) is 0.632. The summed E-state index contributed by atoms with van der Waals surface area (Å²) < 4.78 is 0. The lowest BCUT2D eigenvalue weighted by Crippen LogP contribution is -2.44. The maximum atomic E-state index is 11.7. The molecule has 0 radical (unpaired) electrons. The standard InChI is InChI=1S/C19H27ClN2O2/c20-17-6-1-4-15(12-17)19(24,16-5-2-10-21-13-16)9-3-11-22-18(23)14-7-8-14/h1,4,6,12,14,16,21,24H,2-3,5,7-11,13H2,(H,22,23)/t16-,19-/m1/s1. The Kier molecular flexibility index (Phi) is 5.80. The zero-order chi connectivity index (χ0) is 17.0. The first-order valence-electron chi connectivity index (χ1n) is 9.06. The van der Waals surface area contributed by atoms with Crippen LogP contribution in [0.5, 0.6) is 0 Å². The molecule has 132 valence electrons. The van der Waals surface area contributed by atoms with Crippen LogP contribution >= 0.6 is 11.6 Å². The third-order valence-electron chi connectivity index (χ3n) is 5.28. The summed E-state index contributed by atoms with van der Waals surface area (Å²) in [6.07, 6.45) is 5.51. The minimum absolute atomic E-state index is 0.167. The maximum Gasteiger partial charge on any atom is 0.223 e. The molecule has 0 bridgehead atoms. The van der Waals surface area contributed by atoms with Crippen molar-refractivity contribution in [1.29, 1.82) is 0 Å². The van der Waals surface area contributed by atoms with E-state index in [1.54, 1.807) is 0 Å². The van der Waals surface area contributed by atoms with E-state index in [1.165, 1.54) is 0 Å². The van der Waals surface area contributed by atoms with E-state index < -0.39 is 5.60 Å². The van der Waals surface area contributed by atoms with Gasteiger partial charge in [0.2, 0.25) is 5.91 Å². The lowest BCUT2D eigenvalue weighted by atomic mass is 9.74. The van der Waals surface area contributed by atoms with Crippen molar-refractivity contribution in [2.75, 3.05) is 19.6 Å². The Morgan fingerprint density at radius 1 is 1.38 bits per heavy atom. The SMILES string of the molecule is O=C(NCCC[C@@](O)(c1cccc(Cl)c1)[C@@H]1CCCNC1)C1CC1. The number of amides is 1. The number of benzene rings is 1. The molecule has 1 heterocycles. The fourth-order valence-corrected chi connectivity index (χ4v) is 3.85. The van der Waals surface area contributed by atoms with E-state index in [-0.39, 0.29) is 17.7 Å². The smallest absolute Gasteiger partial charge is 0.223 e. The van der Waals surface area contributed by atoms with Gasteiger partial charge in [-0.15, -0.1) is 0 Å². The highest BCUT2D eigenvalue weighted by Crippen LogP contribution is 2.38. The average Bonchev–Trinajstić information content (AvgIpc) is 3.44. The van der Waals surface area contributed by atoms with E-state index in [1.807, 2.05) is 24.3 Å². The van der Waals surface area contributed by atoms with Gasteiger partial charge >= 0.3 is 0 Å². The molecule has 1 aromatic carbocycles. The number of halogens is 1. The van der Waals surface area contributed by atoms with Crippen molar-refractivity contribution in [1.82, 2.24) is 10.6 Å². The molecule has 2 atom stereocenters. The van der Waals surface area contributed by atoms with Crippen molar-refractivity contribution in [3.8, 4) is 0 Å². The molecule has 2 fully saturated rings. The lowest BCUT2D eigenvalue weighted by molar-refractivity contribution is -0.122. The Labute approximate surface area is 149 Å². The zero-order valence-corrected chi connectivity index (χ0v) is 14.8. The predicted molar refractivity (Wildman–Crippen MR) is 95.9 cm³/mol. The number of hydrogen-bond donors (Lipinski definition) is 3. The van der Waals surface area contributed by atoms with Crippen LogP contribution in [-0.2, 0) is 10.4 Å². The van der Waals surface area contributed by atoms with Crippen LogP contribution in [0.15, 0.2) is 24.3 Å². The minimum Gasteiger partial charge on any atom is -0.385 e. The number of carbonyl (C=O) groups excluding carboxylic acids is 1. The van der Waals surface area contributed by atoms with Crippen LogP contribution in [0.2, 0.25) is 5.02 Å². The number of rotatable bonds is 7. The van der Waals surface area contributed by atoms with Crippen molar-refractivity contribution in [3.63, 3.8) is 0 Å². The maximum absolute atomic E-state index is 11.7. The molecule has 3 N–H and O–H groups in total. The molecule has 5 heteroatoms. The Bertz CT molecular complexity index is 570. The van der Waals surface area contributed by atoms with Crippen LogP contribution in [0.4, 0.5) is 0 Å². The number of hydrogen-bond acceptors (Lipinski definition) is 3. The molecule has 1 aliphatic heterocycles. The second-order valence-corrected chi connectivity index (χ2v) is 7.58. The molecule has 1 saturated carbocycles. The lowest BCUT2D eigenvalue weighted by Gasteiger charge is -2.39. The molecule has 0 spiro atoms. The van der Waals surface area contributed by atoms with Crippen molar-refractivity contribution in [3.05, 3.63) is 34.9 Å². The van der Waals surface area contributed by atoms with Gasteiger partial charge in [-0.1, -0.05) is 23.7 Å². The van der Waals surface area contributed by atoms with E-state index in [0.29, 0.717) is 18.0 Å². The molecule has 0 aromatic heterocycles. The molecule has 0 unspecified atom stereocenters. The Morgan fingerprint density at radius 2 is 2.21 bits per heavy atom. The van der Waals surface area contributed by atoms with E-state index >= 15 is 0 Å². The summed E-state index contributed by atoms with van der Waals surface area (Å²) in [7, 11) is 0. The Balaban J connectivity index is 1.65. The van der Waals surface area contributed by atoms with Gasteiger partial charge in [-0.05, 0) is 62.8 Å². The van der Waals surface area contributed by atoms with Gasteiger partial charge in [0.1, 0.15) is 0 Å². The number of carbonyl (C=O) groups is 1. The molecule has 1 amide bonds. The topological polar surface area (TPSA) is 61.4 Å². The summed E-state index contributed by atoms with van der Waals surface area (Å²) in [6, 6.07) is 7.57. The van der Waals surface area contributed by atoms with Gasteiger partial charge in [-0.25, -0.2) is 0 Å². The summed E-state index contributed by atoms with van der Waals surface area (Å²) >= 11 is 6.15. The first kappa shape index (κ1) is 17.7. The molecule has 1 saturated heterocycles. The van der Waals surface area contributed by atoms with Gasteiger partial charge < -0.3 is 15.7 Å². The van der Waals surface area contributed by atoms with Crippen LogP contribution in [-0.4, -0.2) is 30.6 Å². The largest absolute Gasteiger partial charge is 0.385 e. The van der Waals surface area contributed by atoms with E-state index in [0.717, 1.165) is 50.8 Å². The van der Waals surface area contributed by atoms with Crippen molar-refractivity contribution >= 4 is 17.5 Å².